The van der Waals surface area contributed by atoms with Gasteiger partial charge < -0.3 is 15.4 Å². The molecular formula is C17H32N2O2. The summed E-state index contributed by atoms with van der Waals surface area (Å²) in [4.78, 5) is 15.1. The molecule has 1 saturated heterocycles. The number of piperidine rings is 1. The lowest BCUT2D eigenvalue weighted by atomic mass is 9.60. The lowest BCUT2D eigenvalue weighted by molar-refractivity contribution is -0.145. The predicted octanol–water partition coefficient (Wildman–Crippen LogP) is 2.27. The third kappa shape index (κ3) is 3.42. The number of hydrogen-bond donors (Lipinski definition) is 1. The highest BCUT2D eigenvalue weighted by Crippen LogP contribution is 2.45. The molecule has 4 nitrogen and oxygen atoms in total. The highest BCUT2D eigenvalue weighted by atomic mass is 16.5. The van der Waals surface area contributed by atoms with E-state index in [4.69, 9.17) is 10.5 Å². The molecule has 0 bridgehead atoms. The molecule has 0 aromatic carbocycles. The SMILES string of the molecule is COCC1CCCN(C(=O)C2CCC(N)C(C)C2(C)C)C1. The quantitative estimate of drug-likeness (QED) is 0.869. The van der Waals surface area contributed by atoms with Crippen LogP contribution in [0.2, 0.25) is 0 Å². The van der Waals surface area contributed by atoms with E-state index in [0.29, 0.717) is 17.7 Å². The summed E-state index contributed by atoms with van der Waals surface area (Å²) in [6.45, 7) is 9.17. The molecule has 2 fully saturated rings. The molecule has 2 rings (SSSR count). The van der Waals surface area contributed by atoms with Crippen LogP contribution in [-0.2, 0) is 9.53 Å². The van der Waals surface area contributed by atoms with Crippen molar-refractivity contribution in [3.8, 4) is 0 Å². The summed E-state index contributed by atoms with van der Waals surface area (Å²) in [7, 11) is 1.74. The third-order valence-electron chi connectivity index (χ3n) is 6.03. The Kier molecular flexibility index (Phi) is 5.31. The minimum atomic E-state index is -0.0110. The van der Waals surface area contributed by atoms with Crippen LogP contribution in [0.3, 0.4) is 0 Å². The fraction of sp³-hybridized carbons (Fsp3) is 0.941. The van der Waals surface area contributed by atoms with E-state index in [0.717, 1.165) is 39.0 Å². The van der Waals surface area contributed by atoms with Gasteiger partial charge in [-0.05, 0) is 42.9 Å². The first-order chi connectivity index (χ1) is 9.87. The van der Waals surface area contributed by atoms with Gasteiger partial charge in [0.05, 0.1) is 6.61 Å². The molecule has 1 aliphatic heterocycles. The molecule has 1 saturated carbocycles. The largest absolute Gasteiger partial charge is 0.384 e. The van der Waals surface area contributed by atoms with Crippen LogP contribution in [-0.4, -0.2) is 43.7 Å². The fourth-order valence-electron chi connectivity index (χ4n) is 4.15. The number of methoxy groups -OCH3 is 1. The molecule has 0 aromatic heterocycles. The number of carbonyl (C=O) groups is 1. The first kappa shape index (κ1) is 16.8. The van der Waals surface area contributed by atoms with Gasteiger partial charge in [0, 0.05) is 32.2 Å². The van der Waals surface area contributed by atoms with Gasteiger partial charge in [-0.1, -0.05) is 20.8 Å². The van der Waals surface area contributed by atoms with Crippen molar-refractivity contribution in [1.82, 2.24) is 4.90 Å². The van der Waals surface area contributed by atoms with Crippen LogP contribution in [0.15, 0.2) is 0 Å². The number of ether oxygens (including phenoxy) is 1. The van der Waals surface area contributed by atoms with Gasteiger partial charge in [0.25, 0.3) is 0 Å². The van der Waals surface area contributed by atoms with Crippen molar-refractivity contribution in [1.29, 1.82) is 0 Å². The molecule has 4 unspecified atom stereocenters. The van der Waals surface area contributed by atoms with Crippen LogP contribution < -0.4 is 5.73 Å². The molecular weight excluding hydrogens is 264 g/mol. The first-order valence-corrected chi connectivity index (χ1v) is 8.41. The van der Waals surface area contributed by atoms with Crippen LogP contribution in [0.1, 0.15) is 46.5 Å². The van der Waals surface area contributed by atoms with Crippen molar-refractivity contribution in [3.05, 3.63) is 0 Å². The Labute approximate surface area is 129 Å². The zero-order chi connectivity index (χ0) is 15.6. The summed E-state index contributed by atoms with van der Waals surface area (Å²) in [6.07, 6.45) is 4.17. The van der Waals surface area contributed by atoms with E-state index in [1.54, 1.807) is 7.11 Å². The summed E-state index contributed by atoms with van der Waals surface area (Å²) < 4.78 is 5.27. The van der Waals surface area contributed by atoms with E-state index in [2.05, 4.69) is 25.7 Å². The van der Waals surface area contributed by atoms with Crippen molar-refractivity contribution >= 4 is 5.91 Å². The minimum Gasteiger partial charge on any atom is -0.384 e. The average Bonchev–Trinajstić information content (AvgIpc) is 2.45. The van der Waals surface area contributed by atoms with Crippen molar-refractivity contribution in [2.24, 2.45) is 28.9 Å². The van der Waals surface area contributed by atoms with Crippen molar-refractivity contribution < 1.29 is 9.53 Å². The Morgan fingerprint density at radius 1 is 1.33 bits per heavy atom. The molecule has 21 heavy (non-hydrogen) atoms. The number of nitrogens with zero attached hydrogens (tertiary/aromatic N) is 1. The maximum atomic E-state index is 13.0. The number of hydrogen-bond acceptors (Lipinski definition) is 3. The van der Waals surface area contributed by atoms with Crippen LogP contribution in [0.5, 0.6) is 0 Å². The van der Waals surface area contributed by atoms with Gasteiger partial charge >= 0.3 is 0 Å². The molecule has 0 spiro atoms. The minimum absolute atomic E-state index is 0.0110. The van der Waals surface area contributed by atoms with Crippen molar-refractivity contribution in [3.63, 3.8) is 0 Å². The van der Waals surface area contributed by atoms with Crippen molar-refractivity contribution in [2.45, 2.75) is 52.5 Å². The second-order valence-corrected chi connectivity index (χ2v) is 7.65. The molecule has 122 valence electrons. The van der Waals surface area contributed by atoms with E-state index in [-0.39, 0.29) is 17.4 Å². The maximum Gasteiger partial charge on any atom is 0.226 e. The molecule has 0 radical (unpaired) electrons. The van der Waals surface area contributed by atoms with E-state index < -0.39 is 0 Å². The molecule has 0 aromatic rings. The average molecular weight is 296 g/mol. The van der Waals surface area contributed by atoms with E-state index in [1.165, 1.54) is 6.42 Å². The van der Waals surface area contributed by atoms with Gasteiger partial charge in [-0.2, -0.15) is 0 Å². The second-order valence-electron chi connectivity index (χ2n) is 7.65. The smallest absolute Gasteiger partial charge is 0.226 e. The zero-order valence-corrected chi connectivity index (χ0v) is 14.1. The van der Waals surface area contributed by atoms with E-state index >= 15 is 0 Å². The number of nitrogens with two attached hydrogens (primary N) is 1. The summed E-state index contributed by atoms with van der Waals surface area (Å²) in [6, 6.07) is 0.228. The molecule has 4 atom stereocenters. The molecule has 2 aliphatic rings. The Bertz CT molecular complexity index is 368. The maximum absolute atomic E-state index is 13.0. The van der Waals surface area contributed by atoms with Gasteiger partial charge in [-0.3, -0.25) is 4.79 Å². The molecule has 1 aliphatic carbocycles. The zero-order valence-electron chi connectivity index (χ0n) is 14.1. The highest BCUT2D eigenvalue weighted by molar-refractivity contribution is 5.80. The summed E-state index contributed by atoms with van der Waals surface area (Å²) in [5.41, 5.74) is 6.20. The standard InChI is InChI=1S/C17H32N2O2/c1-12-15(18)8-7-14(17(12,2)3)16(20)19-9-5-6-13(10-19)11-21-4/h12-15H,5-11,18H2,1-4H3. The fourth-order valence-corrected chi connectivity index (χ4v) is 4.15. The van der Waals surface area contributed by atoms with Crippen molar-refractivity contribution in [2.75, 3.05) is 26.8 Å². The predicted molar refractivity (Wildman–Crippen MR) is 84.8 cm³/mol. The van der Waals surface area contributed by atoms with Crippen LogP contribution in [0.4, 0.5) is 0 Å². The Hall–Kier alpha value is -0.610. The van der Waals surface area contributed by atoms with Gasteiger partial charge in [0.15, 0.2) is 0 Å². The molecule has 4 heteroatoms. The summed E-state index contributed by atoms with van der Waals surface area (Å²) in [5, 5.41) is 0. The van der Waals surface area contributed by atoms with Crippen LogP contribution in [0.25, 0.3) is 0 Å². The topological polar surface area (TPSA) is 55.6 Å². The highest BCUT2D eigenvalue weighted by Gasteiger charge is 2.46. The van der Waals surface area contributed by atoms with E-state index in [9.17, 15) is 4.79 Å². The number of carbonyl (C=O) groups excluding carboxylic acids is 1. The van der Waals surface area contributed by atoms with Crippen LogP contribution >= 0.6 is 0 Å². The Morgan fingerprint density at radius 3 is 2.71 bits per heavy atom. The Balaban J connectivity index is 2.05. The van der Waals surface area contributed by atoms with Gasteiger partial charge in [0.2, 0.25) is 5.91 Å². The lowest BCUT2D eigenvalue weighted by Crippen LogP contribution is -2.54. The van der Waals surface area contributed by atoms with E-state index in [1.807, 2.05) is 0 Å². The monoisotopic (exact) mass is 296 g/mol. The number of likely N-dealkylation sites (tertiary alicyclic amines) is 1. The summed E-state index contributed by atoms with van der Waals surface area (Å²) in [5.74, 6) is 1.35. The third-order valence-corrected chi connectivity index (χ3v) is 6.03. The number of amides is 1. The van der Waals surface area contributed by atoms with Gasteiger partial charge in [-0.15, -0.1) is 0 Å². The normalized spacial score (nSPS) is 36.5. The molecule has 2 N–H and O–H groups in total. The second kappa shape index (κ2) is 6.66. The molecule has 1 heterocycles. The van der Waals surface area contributed by atoms with Gasteiger partial charge in [0.1, 0.15) is 0 Å². The Morgan fingerprint density at radius 2 is 2.05 bits per heavy atom. The number of rotatable bonds is 3. The molecule has 1 amide bonds. The van der Waals surface area contributed by atoms with Crippen LogP contribution in [0, 0.1) is 23.2 Å². The van der Waals surface area contributed by atoms with Gasteiger partial charge in [-0.25, -0.2) is 0 Å². The first-order valence-electron chi connectivity index (χ1n) is 8.41. The summed E-state index contributed by atoms with van der Waals surface area (Å²) >= 11 is 0. The lowest BCUT2D eigenvalue weighted by Gasteiger charge is -2.48.